The van der Waals surface area contributed by atoms with Gasteiger partial charge in [-0.25, -0.2) is 0 Å². The first-order valence-corrected chi connectivity index (χ1v) is 10.6. The second kappa shape index (κ2) is 10.2. The van der Waals surface area contributed by atoms with Gasteiger partial charge in [-0.15, -0.1) is 0 Å². The van der Waals surface area contributed by atoms with Gasteiger partial charge in [0, 0.05) is 25.8 Å². The molecule has 0 spiro atoms. The highest BCUT2D eigenvalue weighted by molar-refractivity contribution is 7.16. The van der Waals surface area contributed by atoms with Gasteiger partial charge in [0.25, 0.3) is 5.91 Å². The van der Waals surface area contributed by atoms with E-state index in [1.54, 1.807) is 18.2 Å². The zero-order valence-electron chi connectivity index (χ0n) is 17.9. The van der Waals surface area contributed by atoms with Gasteiger partial charge in [0.1, 0.15) is 11.5 Å². The van der Waals surface area contributed by atoms with E-state index in [0.29, 0.717) is 47.3 Å². The Balaban J connectivity index is 2.10. The smallest absolute Gasteiger partial charge is 0.283 e. The minimum absolute atomic E-state index is 0.148. The van der Waals surface area contributed by atoms with Crippen LogP contribution in [0.25, 0.3) is 10.2 Å². The van der Waals surface area contributed by atoms with Crippen molar-refractivity contribution >= 4 is 39.1 Å². The van der Waals surface area contributed by atoms with Crippen molar-refractivity contribution in [1.82, 2.24) is 4.57 Å². The standard InChI is InChI=1S/C22H25N3O5S/c1-5-30-11-10-25-18-8-6-15(23-14(2)26)12-20(18)31-22(25)24-21(27)17-13-16(28-3)7-9-19(17)29-4/h6-9,12-13H,5,10-11H2,1-4H3,(H,23,26). The molecule has 0 unspecified atom stereocenters. The number of amides is 2. The number of anilines is 1. The van der Waals surface area contributed by atoms with E-state index in [1.807, 2.05) is 29.7 Å². The molecule has 1 aromatic heterocycles. The summed E-state index contributed by atoms with van der Waals surface area (Å²) in [5.74, 6) is 0.379. The van der Waals surface area contributed by atoms with E-state index in [4.69, 9.17) is 14.2 Å². The molecule has 0 saturated carbocycles. The van der Waals surface area contributed by atoms with Crippen molar-refractivity contribution in [3.8, 4) is 11.5 Å². The Morgan fingerprint density at radius 3 is 2.61 bits per heavy atom. The van der Waals surface area contributed by atoms with Crippen LogP contribution in [0.2, 0.25) is 0 Å². The number of hydrogen-bond donors (Lipinski definition) is 1. The molecule has 3 rings (SSSR count). The maximum atomic E-state index is 13.0. The van der Waals surface area contributed by atoms with Gasteiger partial charge in [0.15, 0.2) is 4.80 Å². The third-order valence-corrected chi connectivity index (χ3v) is 5.54. The fraction of sp³-hybridized carbons (Fsp3) is 0.318. The summed E-state index contributed by atoms with van der Waals surface area (Å²) in [6.07, 6.45) is 0. The quantitative estimate of drug-likeness (QED) is 0.539. The monoisotopic (exact) mass is 443 g/mol. The Kier molecular flexibility index (Phi) is 7.43. The summed E-state index contributed by atoms with van der Waals surface area (Å²) < 4.78 is 18.9. The first-order valence-electron chi connectivity index (χ1n) is 9.76. The lowest BCUT2D eigenvalue weighted by Crippen LogP contribution is -2.20. The van der Waals surface area contributed by atoms with E-state index in [0.717, 1.165) is 10.2 Å². The van der Waals surface area contributed by atoms with Crippen molar-refractivity contribution < 1.29 is 23.8 Å². The van der Waals surface area contributed by atoms with Crippen molar-refractivity contribution in [2.24, 2.45) is 4.99 Å². The first-order chi connectivity index (χ1) is 15.0. The summed E-state index contributed by atoms with van der Waals surface area (Å²) in [6, 6.07) is 10.6. The van der Waals surface area contributed by atoms with E-state index in [-0.39, 0.29) is 5.91 Å². The van der Waals surface area contributed by atoms with E-state index in [1.165, 1.54) is 32.5 Å². The van der Waals surface area contributed by atoms with Crippen LogP contribution in [0, 0.1) is 0 Å². The largest absolute Gasteiger partial charge is 0.497 e. The Morgan fingerprint density at radius 1 is 1.13 bits per heavy atom. The highest BCUT2D eigenvalue weighted by Gasteiger charge is 2.15. The molecule has 0 aliphatic rings. The van der Waals surface area contributed by atoms with Crippen LogP contribution in [0.3, 0.4) is 0 Å². The molecule has 9 heteroatoms. The number of ether oxygens (including phenoxy) is 3. The van der Waals surface area contributed by atoms with Crippen molar-refractivity contribution in [2.75, 3.05) is 32.8 Å². The second-order valence-corrected chi connectivity index (χ2v) is 7.59. The van der Waals surface area contributed by atoms with Gasteiger partial charge in [0.2, 0.25) is 5.91 Å². The molecule has 0 aliphatic carbocycles. The van der Waals surface area contributed by atoms with Crippen molar-refractivity contribution in [2.45, 2.75) is 20.4 Å². The Morgan fingerprint density at radius 2 is 1.94 bits per heavy atom. The number of fused-ring (bicyclic) bond motifs is 1. The van der Waals surface area contributed by atoms with Crippen LogP contribution in [0.4, 0.5) is 5.69 Å². The topological polar surface area (TPSA) is 91.2 Å². The normalized spacial score (nSPS) is 11.5. The molecule has 1 heterocycles. The van der Waals surface area contributed by atoms with Crippen LogP contribution in [0.5, 0.6) is 11.5 Å². The molecule has 1 N–H and O–H groups in total. The molecule has 0 fully saturated rings. The average molecular weight is 444 g/mol. The summed E-state index contributed by atoms with van der Waals surface area (Å²) in [5, 5.41) is 2.78. The zero-order chi connectivity index (χ0) is 22.4. The molecule has 3 aromatic rings. The van der Waals surface area contributed by atoms with E-state index in [9.17, 15) is 9.59 Å². The van der Waals surface area contributed by atoms with Crippen LogP contribution in [-0.4, -0.2) is 43.8 Å². The van der Waals surface area contributed by atoms with E-state index in [2.05, 4.69) is 10.3 Å². The highest BCUT2D eigenvalue weighted by atomic mass is 32.1. The molecule has 2 aromatic carbocycles. The molecule has 8 nitrogen and oxygen atoms in total. The molecule has 0 bridgehead atoms. The van der Waals surface area contributed by atoms with Gasteiger partial charge >= 0.3 is 0 Å². The number of nitrogens with one attached hydrogen (secondary N) is 1. The van der Waals surface area contributed by atoms with Gasteiger partial charge in [-0.1, -0.05) is 11.3 Å². The summed E-state index contributed by atoms with van der Waals surface area (Å²) in [4.78, 5) is 29.3. The first kappa shape index (κ1) is 22.5. The molecule has 0 radical (unpaired) electrons. The predicted octanol–water partition coefficient (Wildman–Crippen LogP) is 3.46. The lowest BCUT2D eigenvalue weighted by atomic mass is 10.2. The minimum Gasteiger partial charge on any atom is -0.497 e. The zero-order valence-corrected chi connectivity index (χ0v) is 18.7. The average Bonchev–Trinajstić information content (AvgIpc) is 3.09. The molecule has 164 valence electrons. The lowest BCUT2D eigenvalue weighted by Gasteiger charge is -2.08. The number of rotatable bonds is 8. The fourth-order valence-electron chi connectivity index (χ4n) is 3.08. The Labute approximate surface area is 184 Å². The maximum Gasteiger partial charge on any atom is 0.283 e. The van der Waals surface area contributed by atoms with Gasteiger partial charge < -0.3 is 24.1 Å². The number of hydrogen-bond acceptors (Lipinski definition) is 6. The van der Waals surface area contributed by atoms with Crippen molar-refractivity contribution in [3.63, 3.8) is 0 Å². The predicted molar refractivity (Wildman–Crippen MR) is 120 cm³/mol. The van der Waals surface area contributed by atoms with Crippen LogP contribution in [0.15, 0.2) is 41.4 Å². The van der Waals surface area contributed by atoms with Gasteiger partial charge in [0.05, 0.1) is 36.6 Å². The number of carbonyl (C=O) groups excluding carboxylic acids is 2. The molecular weight excluding hydrogens is 418 g/mol. The van der Waals surface area contributed by atoms with E-state index >= 15 is 0 Å². The third kappa shape index (κ3) is 5.31. The highest BCUT2D eigenvalue weighted by Crippen LogP contribution is 2.25. The summed E-state index contributed by atoms with van der Waals surface area (Å²) in [6.45, 7) is 5.01. The third-order valence-electron chi connectivity index (χ3n) is 4.50. The number of aromatic nitrogens is 1. The second-order valence-electron chi connectivity index (χ2n) is 6.58. The summed E-state index contributed by atoms with van der Waals surface area (Å²) >= 11 is 1.37. The SMILES string of the molecule is CCOCCn1c(=NC(=O)c2cc(OC)ccc2OC)sc2cc(NC(C)=O)ccc21. The van der Waals surface area contributed by atoms with Gasteiger partial charge in [-0.3, -0.25) is 9.59 Å². The van der Waals surface area contributed by atoms with Crippen LogP contribution >= 0.6 is 11.3 Å². The lowest BCUT2D eigenvalue weighted by molar-refractivity contribution is -0.114. The number of carbonyl (C=O) groups is 2. The molecule has 2 amide bonds. The summed E-state index contributed by atoms with van der Waals surface area (Å²) in [7, 11) is 3.04. The summed E-state index contributed by atoms with van der Waals surface area (Å²) in [5.41, 5.74) is 1.91. The Bertz CT molecular complexity index is 1170. The number of methoxy groups -OCH3 is 2. The molecule has 31 heavy (non-hydrogen) atoms. The molecular formula is C22H25N3O5S. The number of nitrogens with zero attached hydrogens (tertiary/aromatic N) is 2. The van der Waals surface area contributed by atoms with Gasteiger partial charge in [-0.2, -0.15) is 4.99 Å². The van der Waals surface area contributed by atoms with Gasteiger partial charge in [-0.05, 0) is 43.3 Å². The van der Waals surface area contributed by atoms with E-state index < -0.39 is 5.91 Å². The molecule has 0 atom stereocenters. The number of thiazole rings is 1. The Hall–Kier alpha value is -3.17. The van der Waals surface area contributed by atoms with Crippen LogP contribution < -0.4 is 19.6 Å². The minimum atomic E-state index is -0.436. The van der Waals surface area contributed by atoms with Crippen molar-refractivity contribution in [1.29, 1.82) is 0 Å². The van der Waals surface area contributed by atoms with Crippen LogP contribution in [0.1, 0.15) is 24.2 Å². The molecule has 0 saturated heterocycles. The fourth-order valence-corrected chi connectivity index (χ4v) is 4.18. The maximum absolute atomic E-state index is 13.0. The number of benzene rings is 2. The van der Waals surface area contributed by atoms with Crippen molar-refractivity contribution in [3.05, 3.63) is 46.8 Å². The van der Waals surface area contributed by atoms with Crippen LogP contribution in [-0.2, 0) is 16.1 Å². The molecule has 0 aliphatic heterocycles.